The summed E-state index contributed by atoms with van der Waals surface area (Å²) in [7, 11) is 0. The summed E-state index contributed by atoms with van der Waals surface area (Å²) in [4.78, 5) is 24.4. The van der Waals surface area contributed by atoms with Crippen LogP contribution < -0.4 is 0 Å². The second kappa shape index (κ2) is 6.52. The molecule has 0 aliphatic carbocycles. The molecule has 0 spiro atoms. The van der Waals surface area contributed by atoms with Gasteiger partial charge in [-0.15, -0.1) is 5.10 Å². The first kappa shape index (κ1) is 16.2. The van der Waals surface area contributed by atoms with Crippen LogP contribution in [-0.4, -0.2) is 35.7 Å². The van der Waals surface area contributed by atoms with E-state index >= 15 is 0 Å². The molecule has 0 saturated heterocycles. The van der Waals surface area contributed by atoms with Crippen molar-refractivity contribution in [3.8, 4) is 11.4 Å². The van der Waals surface area contributed by atoms with Crippen LogP contribution in [-0.2, 0) is 11.3 Å². The van der Waals surface area contributed by atoms with E-state index in [1.807, 2.05) is 6.92 Å². The smallest absolute Gasteiger partial charge is 0.378 e. The van der Waals surface area contributed by atoms with Crippen LogP contribution in [0.15, 0.2) is 41.1 Å². The average molecular weight is 371 g/mol. The number of aromatic nitrogens is 6. The van der Waals surface area contributed by atoms with E-state index in [4.69, 9.17) is 20.9 Å². The van der Waals surface area contributed by atoms with Crippen molar-refractivity contribution in [1.82, 2.24) is 29.7 Å². The van der Waals surface area contributed by atoms with E-state index in [1.165, 1.54) is 4.52 Å². The van der Waals surface area contributed by atoms with E-state index in [0.29, 0.717) is 16.6 Å². The van der Waals surface area contributed by atoms with Gasteiger partial charge in [0, 0.05) is 22.5 Å². The minimum absolute atomic E-state index is 0.0933. The standard InChI is InChI=1S/C16H11ClN6O3/c1-9-6-7-18-16-20-14(21-23(9)16)15(24)25-8-12-19-13(22-26-12)10-2-4-11(17)5-3-10/h2-7H,8H2,1H3. The van der Waals surface area contributed by atoms with E-state index in [2.05, 4.69) is 25.2 Å². The van der Waals surface area contributed by atoms with Crippen LogP contribution in [0.25, 0.3) is 17.2 Å². The summed E-state index contributed by atoms with van der Waals surface area (Å²) in [5, 5.41) is 8.53. The summed E-state index contributed by atoms with van der Waals surface area (Å²) in [6.45, 7) is 1.64. The molecule has 4 aromatic rings. The second-order valence-corrected chi connectivity index (χ2v) is 5.76. The van der Waals surface area contributed by atoms with E-state index in [0.717, 1.165) is 11.3 Å². The Hall–Kier alpha value is -3.33. The number of rotatable bonds is 4. The summed E-state index contributed by atoms with van der Waals surface area (Å²) >= 11 is 5.85. The number of hydrogen-bond acceptors (Lipinski definition) is 8. The fourth-order valence-corrected chi connectivity index (χ4v) is 2.34. The number of fused-ring (bicyclic) bond motifs is 1. The number of hydrogen-bond donors (Lipinski definition) is 0. The number of ether oxygens (including phenoxy) is 1. The lowest BCUT2D eigenvalue weighted by Gasteiger charge is -1.97. The summed E-state index contributed by atoms with van der Waals surface area (Å²) in [5.74, 6) is 0.0462. The maximum Gasteiger partial charge on any atom is 0.378 e. The summed E-state index contributed by atoms with van der Waals surface area (Å²) in [5.41, 5.74) is 1.53. The Labute approximate surface area is 151 Å². The molecule has 3 heterocycles. The summed E-state index contributed by atoms with van der Waals surface area (Å²) < 4.78 is 11.7. The van der Waals surface area contributed by atoms with Crippen molar-refractivity contribution in [3.63, 3.8) is 0 Å². The molecule has 10 heteroatoms. The van der Waals surface area contributed by atoms with Crippen molar-refractivity contribution in [3.05, 3.63) is 59.0 Å². The van der Waals surface area contributed by atoms with Gasteiger partial charge in [-0.25, -0.2) is 14.3 Å². The molecule has 0 aliphatic heterocycles. The van der Waals surface area contributed by atoms with E-state index in [-0.39, 0.29) is 18.3 Å². The lowest BCUT2D eigenvalue weighted by atomic mass is 10.2. The van der Waals surface area contributed by atoms with Crippen molar-refractivity contribution in [2.24, 2.45) is 0 Å². The first-order valence-corrected chi connectivity index (χ1v) is 7.92. The SMILES string of the molecule is Cc1ccnc2nc(C(=O)OCc3nc(-c4ccc(Cl)cc4)no3)nn12. The molecule has 0 aliphatic rings. The van der Waals surface area contributed by atoms with Gasteiger partial charge in [0.2, 0.25) is 5.82 Å². The molecule has 9 nitrogen and oxygen atoms in total. The fourth-order valence-electron chi connectivity index (χ4n) is 2.21. The zero-order valence-corrected chi connectivity index (χ0v) is 14.2. The third kappa shape index (κ3) is 3.11. The maximum atomic E-state index is 12.1. The second-order valence-electron chi connectivity index (χ2n) is 5.33. The molecule has 1 aromatic carbocycles. The lowest BCUT2D eigenvalue weighted by Crippen LogP contribution is -2.08. The minimum Gasteiger partial charge on any atom is -0.450 e. The van der Waals surface area contributed by atoms with E-state index in [1.54, 1.807) is 36.5 Å². The van der Waals surface area contributed by atoms with Crippen molar-refractivity contribution in [2.45, 2.75) is 13.5 Å². The topological polar surface area (TPSA) is 108 Å². The zero-order chi connectivity index (χ0) is 18.1. The van der Waals surface area contributed by atoms with Gasteiger partial charge in [-0.1, -0.05) is 16.8 Å². The quantitative estimate of drug-likeness (QED) is 0.504. The van der Waals surface area contributed by atoms with Crippen molar-refractivity contribution < 1.29 is 14.1 Å². The summed E-state index contributed by atoms with van der Waals surface area (Å²) in [6, 6.07) is 8.72. The first-order chi connectivity index (χ1) is 12.6. The average Bonchev–Trinajstić information content (AvgIpc) is 3.28. The molecule has 130 valence electrons. The van der Waals surface area contributed by atoms with Gasteiger partial charge < -0.3 is 9.26 Å². The Bertz CT molecular complexity index is 1090. The fraction of sp³-hybridized carbons (Fsp3) is 0.125. The highest BCUT2D eigenvalue weighted by Gasteiger charge is 2.18. The number of carbonyl (C=O) groups excluding carboxylic acids is 1. The highest BCUT2D eigenvalue weighted by Crippen LogP contribution is 2.19. The van der Waals surface area contributed by atoms with E-state index < -0.39 is 5.97 Å². The molecule has 0 saturated carbocycles. The van der Waals surface area contributed by atoms with Gasteiger partial charge in [-0.3, -0.25) is 0 Å². The Morgan fingerprint density at radius 3 is 2.81 bits per heavy atom. The molecule has 0 N–H and O–H groups in total. The number of halogens is 1. The van der Waals surface area contributed by atoms with Gasteiger partial charge in [0.05, 0.1) is 0 Å². The van der Waals surface area contributed by atoms with Gasteiger partial charge in [0.25, 0.3) is 17.5 Å². The number of nitrogens with zero attached hydrogens (tertiary/aromatic N) is 6. The van der Waals surface area contributed by atoms with Gasteiger partial charge in [-0.05, 0) is 37.3 Å². The molecule has 26 heavy (non-hydrogen) atoms. The molecular weight excluding hydrogens is 360 g/mol. The van der Waals surface area contributed by atoms with Crippen LogP contribution in [0.3, 0.4) is 0 Å². The molecule has 0 radical (unpaired) electrons. The van der Waals surface area contributed by atoms with Crippen molar-refractivity contribution in [2.75, 3.05) is 0 Å². The molecule has 3 aromatic heterocycles. The molecule has 0 unspecified atom stereocenters. The first-order valence-electron chi connectivity index (χ1n) is 7.54. The molecule has 4 rings (SSSR count). The van der Waals surface area contributed by atoms with Gasteiger partial charge in [0.1, 0.15) is 0 Å². The van der Waals surface area contributed by atoms with E-state index in [9.17, 15) is 4.79 Å². The van der Waals surface area contributed by atoms with Crippen LogP contribution in [0.2, 0.25) is 5.02 Å². The molecule has 0 atom stereocenters. The number of esters is 1. The number of aryl methyl sites for hydroxylation is 1. The third-order valence-corrected chi connectivity index (χ3v) is 3.76. The normalized spacial score (nSPS) is 11.0. The third-order valence-electron chi connectivity index (χ3n) is 3.51. The van der Waals surface area contributed by atoms with Gasteiger partial charge in [-0.2, -0.15) is 9.97 Å². The predicted molar refractivity (Wildman–Crippen MR) is 89.4 cm³/mol. The highest BCUT2D eigenvalue weighted by molar-refractivity contribution is 6.30. The Kier molecular flexibility index (Phi) is 4.05. The molecule has 0 fully saturated rings. The molecule has 0 bridgehead atoms. The highest BCUT2D eigenvalue weighted by atomic mass is 35.5. The zero-order valence-electron chi connectivity index (χ0n) is 13.5. The largest absolute Gasteiger partial charge is 0.450 e. The Morgan fingerprint density at radius 1 is 1.23 bits per heavy atom. The summed E-state index contributed by atoms with van der Waals surface area (Å²) in [6.07, 6.45) is 1.59. The van der Waals surface area contributed by atoms with Crippen LogP contribution in [0, 0.1) is 6.92 Å². The van der Waals surface area contributed by atoms with Crippen LogP contribution in [0.1, 0.15) is 22.2 Å². The number of carbonyl (C=O) groups is 1. The molecular formula is C16H11ClN6O3. The predicted octanol–water partition coefficient (Wildman–Crippen LogP) is 2.49. The Morgan fingerprint density at radius 2 is 2.04 bits per heavy atom. The van der Waals surface area contributed by atoms with Crippen LogP contribution >= 0.6 is 11.6 Å². The van der Waals surface area contributed by atoms with Crippen molar-refractivity contribution >= 4 is 23.3 Å². The van der Waals surface area contributed by atoms with Gasteiger partial charge in [0.15, 0.2) is 6.61 Å². The van der Waals surface area contributed by atoms with Crippen LogP contribution in [0.5, 0.6) is 0 Å². The lowest BCUT2D eigenvalue weighted by molar-refractivity contribution is 0.0415. The van der Waals surface area contributed by atoms with Crippen LogP contribution in [0.4, 0.5) is 0 Å². The minimum atomic E-state index is -0.707. The monoisotopic (exact) mass is 370 g/mol. The number of benzene rings is 1. The van der Waals surface area contributed by atoms with Gasteiger partial charge >= 0.3 is 5.97 Å². The Balaban J connectivity index is 1.46. The maximum absolute atomic E-state index is 12.1. The molecule has 0 amide bonds. The van der Waals surface area contributed by atoms with Crippen molar-refractivity contribution in [1.29, 1.82) is 0 Å².